The Morgan fingerprint density at radius 3 is 2.74 bits per heavy atom. The Morgan fingerprint density at radius 1 is 1.42 bits per heavy atom. The fourth-order valence-electron chi connectivity index (χ4n) is 1.84. The molecule has 0 bridgehead atoms. The Balaban J connectivity index is 1.93. The predicted octanol–water partition coefficient (Wildman–Crippen LogP) is 0.389. The smallest absolute Gasteiger partial charge is 0.251 e. The summed E-state index contributed by atoms with van der Waals surface area (Å²) >= 11 is 1.53. The quantitative estimate of drug-likeness (QED) is 0.682. The Hall–Kier alpha value is -1.53. The number of hydrogen-bond acceptors (Lipinski definition) is 4. The standard InChI is InChI=1S/C13H16N2O3S/c16-7-8-19-10-3-1-9(2-4-10)12(17)15-11-5-6-14-13(11)18/h1-4,11,16H,5-8H2,(H,14,18)(H,15,17)/t11-/m0/s1. The highest BCUT2D eigenvalue weighted by atomic mass is 32.2. The summed E-state index contributed by atoms with van der Waals surface area (Å²) in [4.78, 5) is 24.3. The van der Waals surface area contributed by atoms with Crippen LogP contribution in [0, 0.1) is 0 Å². The molecule has 1 aliphatic heterocycles. The molecule has 6 heteroatoms. The molecule has 19 heavy (non-hydrogen) atoms. The largest absolute Gasteiger partial charge is 0.396 e. The first kappa shape index (κ1) is 13.9. The molecule has 0 aromatic heterocycles. The lowest BCUT2D eigenvalue weighted by molar-refractivity contribution is -0.120. The van der Waals surface area contributed by atoms with Crippen LogP contribution >= 0.6 is 11.8 Å². The topological polar surface area (TPSA) is 78.4 Å². The van der Waals surface area contributed by atoms with Crippen molar-refractivity contribution in [3.05, 3.63) is 29.8 Å². The molecular formula is C13H16N2O3S. The third-order valence-electron chi connectivity index (χ3n) is 2.83. The molecule has 5 nitrogen and oxygen atoms in total. The Kier molecular flexibility index (Phi) is 4.81. The zero-order valence-electron chi connectivity index (χ0n) is 10.4. The fraction of sp³-hybridized carbons (Fsp3) is 0.385. The van der Waals surface area contributed by atoms with E-state index in [-0.39, 0.29) is 18.4 Å². The Labute approximate surface area is 115 Å². The minimum Gasteiger partial charge on any atom is -0.396 e. The van der Waals surface area contributed by atoms with Gasteiger partial charge in [0.1, 0.15) is 6.04 Å². The van der Waals surface area contributed by atoms with Gasteiger partial charge < -0.3 is 15.7 Å². The Bertz CT molecular complexity index is 461. The summed E-state index contributed by atoms with van der Waals surface area (Å²) in [6.07, 6.45) is 0.634. The monoisotopic (exact) mass is 280 g/mol. The van der Waals surface area contributed by atoms with E-state index >= 15 is 0 Å². The van der Waals surface area contributed by atoms with E-state index in [4.69, 9.17) is 5.11 Å². The van der Waals surface area contributed by atoms with Crippen LogP contribution in [0.3, 0.4) is 0 Å². The third-order valence-corrected chi connectivity index (χ3v) is 3.82. The van der Waals surface area contributed by atoms with Gasteiger partial charge in [0, 0.05) is 22.8 Å². The predicted molar refractivity (Wildman–Crippen MR) is 73.1 cm³/mol. The molecule has 102 valence electrons. The maximum Gasteiger partial charge on any atom is 0.251 e. The van der Waals surface area contributed by atoms with E-state index in [9.17, 15) is 9.59 Å². The molecule has 1 saturated heterocycles. The second-order valence-electron chi connectivity index (χ2n) is 4.20. The van der Waals surface area contributed by atoms with Gasteiger partial charge in [0.15, 0.2) is 0 Å². The second kappa shape index (κ2) is 6.58. The molecule has 0 unspecified atom stereocenters. The van der Waals surface area contributed by atoms with Crippen molar-refractivity contribution in [1.29, 1.82) is 0 Å². The van der Waals surface area contributed by atoms with Gasteiger partial charge in [-0.15, -0.1) is 11.8 Å². The van der Waals surface area contributed by atoms with Gasteiger partial charge in [-0.3, -0.25) is 9.59 Å². The zero-order chi connectivity index (χ0) is 13.7. The molecule has 0 saturated carbocycles. The summed E-state index contributed by atoms with van der Waals surface area (Å²) in [5, 5.41) is 14.1. The van der Waals surface area contributed by atoms with Gasteiger partial charge in [-0.05, 0) is 30.7 Å². The summed E-state index contributed by atoms with van der Waals surface area (Å²) in [6.45, 7) is 0.740. The van der Waals surface area contributed by atoms with Crippen molar-refractivity contribution in [3.8, 4) is 0 Å². The highest BCUT2D eigenvalue weighted by Crippen LogP contribution is 2.18. The number of amides is 2. The molecule has 0 aliphatic carbocycles. The average molecular weight is 280 g/mol. The molecule has 1 aliphatic rings. The molecule has 0 radical (unpaired) electrons. The summed E-state index contributed by atoms with van der Waals surface area (Å²) in [6, 6.07) is 6.70. The van der Waals surface area contributed by atoms with Gasteiger partial charge in [-0.1, -0.05) is 0 Å². The van der Waals surface area contributed by atoms with Gasteiger partial charge in [0.2, 0.25) is 5.91 Å². The lowest BCUT2D eigenvalue weighted by atomic mass is 10.2. The van der Waals surface area contributed by atoms with Crippen LogP contribution in [0.4, 0.5) is 0 Å². The zero-order valence-corrected chi connectivity index (χ0v) is 11.2. The van der Waals surface area contributed by atoms with Crippen molar-refractivity contribution in [2.24, 2.45) is 0 Å². The van der Waals surface area contributed by atoms with Crippen LogP contribution in [0.1, 0.15) is 16.8 Å². The van der Waals surface area contributed by atoms with Crippen molar-refractivity contribution in [2.45, 2.75) is 17.4 Å². The number of carbonyl (C=O) groups is 2. The van der Waals surface area contributed by atoms with Gasteiger partial charge >= 0.3 is 0 Å². The van der Waals surface area contributed by atoms with E-state index in [2.05, 4.69) is 10.6 Å². The van der Waals surface area contributed by atoms with Crippen LogP contribution in [-0.4, -0.2) is 41.9 Å². The summed E-state index contributed by atoms with van der Waals surface area (Å²) < 4.78 is 0. The van der Waals surface area contributed by atoms with E-state index in [0.29, 0.717) is 24.3 Å². The molecule has 2 amide bonds. The van der Waals surface area contributed by atoms with Gasteiger partial charge in [0.25, 0.3) is 5.91 Å². The number of carbonyl (C=O) groups excluding carboxylic acids is 2. The number of aliphatic hydroxyl groups excluding tert-OH is 1. The van der Waals surface area contributed by atoms with Crippen LogP contribution in [0.2, 0.25) is 0 Å². The summed E-state index contributed by atoms with van der Waals surface area (Å²) in [5.74, 6) is 0.276. The molecule has 1 aromatic rings. The first-order valence-electron chi connectivity index (χ1n) is 6.13. The van der Waals surface area contributed by atoms with Crippen LogP contribution in [0.15, 0.2) is 29.2 Å². The number of thioether (sulfide) groups is 1. The molecule has 1 aromatic carbocycles. The molecule has 3 N–H and O–H groups in total. The highest BCUT2D eigenvalue weighted by Gasteiger charge is 2.25. The van der Waals surface area contributed by atoms with Gasteiger partial charge in [-0.25, -0.2) is 0 Å². The molecule has 1 heterocycles. The third kappa shape index (κ3) is 3.71. The average Bonchev–Trinajstić information content (AvgIpc) is 2.82. The normalized spacial score (nSPS) is 18.2. The van der Waals surface area contributed by atoms with Gasteiger partial charge in [-0.2, -0.15) is 0 Å². The fourth-order valence-corrected chi connectivity index (χ4v) is 2.49. The van der Waals surface area contributed by atoms with Crippen LogP contribution < -0.4 is 10.6 Å². The number of hydrogen-bond donors (Lipinski definition) is 3. The SMILES string of the molecule is O=C(N[C@H]1CCNC1=O)c1ccc(SCCO)cc1. The van der Waals surface area contributed by atoms with Crippen LogP contribution in [0.25, 0.3) is 0 Å². The van der Waals surface area contributed by atoms with E-state index in [0.717, 1.165) is 4.90 Å². The number of nitrogens with one attached hydrogen (secondary N) is 2. The molecule has 0 spiro atoms. The second-order valence-corrected chi connectivity index (χ2v) is 5.37. The molecule has 1 atom stereocenters. The van der Waals surface area contributed by atoms with Crippen LogP contribution in [0.5, 0.6) is 0 Å². The molecular weight excluding hydrogens is 264 g/mol. The van der Waals surface area contributed by atoms with Crippen molar-refractivity contribution >= 4 is 23.6 Å². The maximum atomic E-state index is 11.9. The highest BCUT2D eigenvalue weighted by molar-refractivity contribution is 7.99. The number of rotatable bonds is 5. The molecule has 2 rings (SSSR count). The minimum absolute atomic E-state index is 0.122. The summed E-state index contributed by atoms with van der Waals surface area (Å²) in [7, 11) is 0. The first-order valence-corrected chi connectivity index (χ1v) is 7.11. The Morgan fingerprint density at radius 2 is 2.16 bits per heavy atom. The van der Waals surface area contributed by atoms with Crippen molar-refractivity contribution in [1.82, 2.24) is 10.6 Å². The molecule has 1 fully saturated rings. The van der Waals surface area contributed by atoms with Crippen molar-refractivity contribution in [3.63, 3.8) is 0 Å². The number of aliphatic hydroxyl groups is 1. The van der Waals surface area contributed by atoms with E-state index in [1.54, 1.807) is 12.1 Å². The maximum absolute atomic E-state index is 11.9. The lowest BCUT2D eigenvalue weighted by Gasteiger charge is -2.10. The van der Waals surface area contributed by atoms with E-state index in [1.165, 1.54) is 11.8 Å². The van der Waals surface area contributed by atoms with E-state index in [1.807, 2.05) is 12.1 Å². The minimum atomic E-state index is -0.420. The van der Waals surface area contributed by atoms with Gasteiger partial charge in [0.05, 0.1) is 6.61 Å². The summed E-state index contributed by atoms with van der Waals surface area (Å²) in [5.41, 5.74) is 0.535. The lowest BCUT2D eigenvalue weighted by Crippen LogP contribution is -2.40. The van der Waals surface area contributed by atoms with Crippen LogP contribution in [-0.2, 0) is 4.79 Å². The number of benzene rings is 1. The van der Waals surface area contributed by atoms with Crippen molar-refractivity contribution < 1.29 is 14.7 Å². The first-order chi connectivity index (χ1) is 9.20. The van der Waals surface area contributed by atoms with Crippen molar-refractivity contribution in [2.75, 3.05) is 18.9 Å². The van der Waals surface area contributed by atoms with E-state index < -0.39 is 6.04 Å².